The summed E-state index contributed by atoms with van der Waals surface area (Å²) in [5, 5.41) is 6.17. The SMILES string of the molecule is COc1ccc(NC(=O)c2ccco2)cc1NC(=O)[C@@H](C)Oc1ccc(Cl)cc1Cl. The molecule has 0 unspecified atom stereocenters. The van der Waals surface area contributed by atoms with Crippen LogP contribution in [0.3, 0.4) is 0 Å². The predicted octanol–water partition coefficient (Wildman–Crippen LogP) is 5.25. The van der Waals surface area contributed by atoms with Crippen LogP contribution >= 0.6 is 23.2 Å². The highest BCUT2D eigenvalue weighted by molar-refractivity contribution is 6.35. The van der Waals surface area contributed by atoms with E-state index < -0.39 is 17.9 Å². The van der Waals surface area contributed by atoms with Crippen molar-refractivity contribution in [2.45, 2.75) is 13.0 Å². The van der Waals surface area contributed by atoms with Crippen LogP contribution in [0.25, 0.3) is 0 Å². The van der Waals surface area contributed by atoms with Crippen molar-refractivity contribution in [2.24, 2.45) is 0 Å². The number of ether oxygens (including phenoxy) is 2. The smallest absolute Gasteiger partial charge is 0.291 e. The number of methoxy groups -OCH3 is 1. The van der Waals surface area contributed by atoms with Gasteiger partial charge in [-0.05, 0) is 55.5 Å². The van der Waals surface area contributed by atoms with E-state index >= 15 is 0 Å². The molecule has 2 aromatic carbocycles. The molecule has 9 heteroatoms. The molecular formula is C21H18Cl2N2O5. The fourth-order valence-corrected chi connectivity index (χ4v) is 2.99. The maximum atomic E-state index is 12.6. The number of halogens is 2. The Hall–Kier alpha value is -3.16. The molecule has 2 N–H and O–H groups in total. The van der Waals surface area contributed by atoms with E-state index in [2.05, 4.69) is 10.6 Å². The second kappa shape index (κ2) is 9.56. The quantitative estimate of drug-likeness (QED) is 0.514. The summed E-state index contributed by atoms with van der Waals surface area (Å²) in [4.78, 5) is 24.8. The van der Waals surface area contributed by atoms with Gasteiger partial charge < -0.3 is 24.5 Å². The standard InChI is InChI=1S/C21H18Cl2N2O5/c1-12(30-17-7-5-13(22)10-15(17)23)20(26)25-16-11-14(6-8-18(16)28-2)24-21(27)19-4-3-9-29-19/h3-12H,1-2H3,(H,24,27)(H,25,26)/t12-/m1/s1. The molecule has 0 fully saturated rings. The fourth-order valence-electron chi connectivity index (χ4n) is 2.53. The first-order valence-corrected chi connectivity index (χ1v) is 9.58. The van der Waals surface area contributed by atoms with Crippen LogP contribution in [0.1, 0.15) is 17.5 Å². The molecule has 2 amide bonds. The minimum Gasteiger partial charge on any atom is -0.495 e. The minimum absolute atomic E-state index is 0.165. The topological polar surface area (TPSA) is 89.8 Å². The fraction of sp³-hybridized carbons (Fsp3) is 0.143. The molecular weight excluding hydrogens is 431 g/mol. The molecule has 0 aliphatic carbocycles. The summed E-state index contributed by atoms with van der Waals surface area (Å²) in [7, 11) is 1.47. The highest BCUT2D eigenvalue weighted by Gasteiger charge is 2.19. The van der Waals surface area contributed by atoms with E-state index in [1.165, 1.54) is 19.4 Å². The summed E-state index contributed by atoms with van der Waals surface area (Å²) in [6.07, 6.45) is 0.540. The normalized spacial score (nSPS) is 11.5. The summed E-state index contributed by atoms with van der Waals surface area (Å²) in [5.41, 5.74) is 0.805. The Morgan fingerprint density at radius 2 is 1.80 bits per heavy atom. The zero-order valence-electron chi connectivity index (χ0n) is 16.1. The molecule has 0 aliphatic rings. The van der Waals surface area contributed by atoms with Crippen molar-refractivity contribution < 1.29 is 23.5 Å². The molecule has 0 spiro atoms. The molecule has 7 nitrogen and oxygen atoms in total. The molecule has 3 rings (SSSR count). The first kappa shape index (κ1) is 21.5. The van der Waals surface area contributed by atoms with Gasteiger partial charge in [0.25, 0.3) is 11.8 Å². The van der Waals surface area contributed by atoms with Gasteiger partial charge in [0.2, 0.25) is 0 Å². The van der Waals surface area contributed by atoms with Gasteiger partial charge in [-0.25, -0.2) is 0 Å². The van der Waals surface area contributed by atoms with Crippen LogP contribution in [0.2, 0.25) is 10.0 Å². The lowest BCUT2D eigenvalue weighted by Crippen LogP contribution is -2.30. The van der Waals surface area contributed by atoms with Crippen molar-refractivity contribution in [1.29, 1.82) is 0 Å². The second-order valence-electron chi connectivity index (χ2n) is 6.17. The van der Waals surface area contributed by atoms with Gasteiger partial charge in [0.05, 0.1) is 24.1 Å². The van der Waals surface area contributed by atoms with E-state index in [1.54, 1.807) is 49.4 Å². The van der Waals surface area contributed by atoms with E-state index in [0.29, 0.717) is 32.9 Å². The number of carbonyl (C=O) groups excluding carboxylic acids is 2. The Labute approximate surface area is 182 Å². The molecule has 0 radical (unpaired) electrons. The molecule has 1 atom stereocenters. The molecule has 1 aromatic heterocycles. The first-order chi connectivity index (χ1) is 14.4. The lowest BCUT2D eigenvalue weighted by Gasteiger charge is -2.17. The third-order valence-electron chi connectivity index (χ3n) is 4.03. The Kier molecular flexibility index (Phi) is 6.87. The van der Waals surface area contributed by atoms with Crippen molar-refractivity contribution in [1.82, 2.24) is 0 Å². The number of nitrogens with one attached hydrogen (secondary N) is 2. The number of anilines is 2. The Balaban J connectivity index is 1.72. The highest BCUT2D eigenvalue weighted by atomic mass is 35.5. The zero-order chi connectivity index (χ0) is 21.7. The van der Waals surface area contributed by atoms with Crippen LogP contribution in [0.15, 0.2) is 59.2 Å². The van der Waals surface area contributed by atoms with Crippen LogP contribution in [-0.2, 0) is 4.79 Å². The van der Waals surface area contributed by atoms with Gasteiger partial charge in [-0.2, -0.15) is 0 Å². The monoisotopic (exact) mass is 448 g/mol. The number of rotatable bonds is 7. The van der Waals surface area contributed by atoms with E-state index in [-0.39, 0.29) is 5.76 Å². The van der Waals surface area contributed by atoms with Gasteiger partial charge in [0, 0.05) is 10.7 Å². The summed E-state index contributed by atoms with van der Waals surface area (Å²) in [6, 6.07) is 12.7. The van der Waals surface area contributed by atoms with Crippen LogP contribution in [-0.4, -0.2) is 25.0 Å². The number of furan rings is 1. The van der Waals surface area contributed by atoms with Crippen LogP contribution < -0.4 is 20.1 Å². The van der Waals surface area contributed by atoms with Gasteiger partial charge in [-0.1, -0.05) is 23.2 Å². The van der Waals surface area contributed by atoms with Crippen LogP contribution in [0, 0.1) is 0 Å². The lowest BCUT2D eigenvalue weighted by atomic mass is 10.2. The Morgan fingerprint density at radius 3 is 2.47 bits per heavy atom. The lowest BCUT2D eigenvalue weighted by molar-refractivity contribution is -0.122. The molecule has 1 heterocycles. The number of benzene rings is 2. The third kappa shape index (κ3) is 5.25. The molecule has 0 aliphatic heterocycles. The largest absolute Gasteiger partial charge is 0.495 e. The number of amides is 2. The molecule has 0 saturated carbocycles. The van der Waals surface area contributed by atoms with E-state index in [4.69, 9.17) is 37.1 Å². The molecule has 0 bridgehead atoms. The van der Waals surface area contributed by atoms with Gasteiger partial charge >= 0.3 is 0 Å². The predicted molar refractivity (Wildman–Crippen MR) is 115 cm³/mol. The van der Waals surface area contributed by atoms with Crippen molar-refractivity contribution in [3.63, 3.8) is 0 Å². The maximum Gasteiger partial charge on any atom is 0.291 e. The number of hydrogen-bond acceptors (Lipinski definition) is 5. The van der Waals surface area contributed by atoms with Crippen molar-refractivity contribution in [2.75, 3.05) is 17.7 Å². The van der Waals surface area contributed by atoms with Gasteiger partial charge in [-0.3, -0.25) is 9.59 Å². The second-order valence-corrected chi connectivity index (χ2v) is 7.01. The van der Waals surface area contributed by atoms with Gasteiger partial charge in [0.15, 0.2) is 11.9 Å². The Morgan fingerprint density at radius 1 is 1.03 bits per heavy atom. The summed E-state index contributed by atoms with van der Waals surface area (Å²) in [5.74, 6) is 0.0508. The van der Waals surface area contributed by atoms with Crippen molar-refractivity contribution >= 4 is 46.4 Å². The number of carbonyl (C=O) groups is 2. The molecule has 156 valence electrons. The van der Waals surface area contributed by atoms with E-state index in [1.807, 2.05) is 0 Å². The molecule has 3 aromatic rings. The van der Waals surface area contributed by atoms with E-state index in [9.17, 15) is 9.59 Å². The van der Waals surface area contributed by atoms with Crippen LogP contribution in [0.5, 0.6) is 11.5 Å². The van der Waals surface area contributed by atoms with Gasteiger partial charge in [-0.15, -0.1) is 0 Å². The maximum absolute atomic E-state index is 12.6. The van der Waals surface area contributed by atoms with E-state index in [0.717, 1.165) is 0 Å². The summed E-state index contributed by atoms with van der Waals surface area (Å²) < 4.78 is 16.0. The minimum atomic E-state index is -0.866. The molecule has 0 saturated heterocycles. The average Bonchev–Trinajstić information content (AvgIpc) is 3.25. The van der Waals surface area contributed by atoms with Gasteiger partial charge in [0.1, 0.15) is 11.5 Å². The molecule has 30 heavy (non-hydrogen) atoms. The average molecular weight is 449 g/mol. The van der Waals surface area contributed by atoms with Crippen molar-refractivity contribution in [3.05, 3.63) is 70.6 Å². The highest BCUT2D eigenvalue weighted by Crippen LogP contribution is 2.30. The van der Waals surface area contributed by atoms with Crippen molar-refractivity contribution in [3.8, 4) is 11.5 Å². The Bertz CT molecular complexity index is 1050. The summed E-state index contributed by atoms with van der Waals surface area (Å²) in [6.45, 7) is 1.58. The summed E-state index contributed by atoms with van der Waals surface area (Å²) >= 11 is 12.0. The third-order valence-corrected chi connectivity index (χ3v) is 4.56. The first-order valence-electron chi connectivity index (χ1n) is 8.83. The number of hydrogen-bond donors (Lipinski definition) is 2. The zero-order valence-corrected chi connectivity index (χ0v) is 17.6. The van der Waals surface area contributed by atoms with Crippen LogP contribution in [0.4, 0.5) is 11.4 Å².